The number of rotatable bonds is 6. The first kappa shape index (κ1) is 13.4. The van der Waals surface area contributed by atoms with Crippen molar-refractivity contribution >= 4 is 17.4 Å². The summed E-state index contributed by atoms with van der Waals surface area (Å²) in [4.78, 5) is 17.7. The summed E-state index contributed by atoms with van der Waals surface area (Å²) in [6, 6.07) is 3.74. The Hall–Kier alpha value is -1.62. The van der Waals surface area contributed by atoms with E-state index in [4.69, 9.17) is 0 Å². The minimum absolute atomic E-state index is 0.0275. The third-order valence-corrected chi connectivity index (χ3v) is 2.32. The lowest BCUT2D eigenvalue weighted by Crippen LogP contribution is -2.15. The van der Waals surface area contributed by atoms with Gasteiger partial charge in [0, 0.05) is 20.5 Å². The largest absolute Gasteiger partial charge is 0.363 e. The molecule has 0 saturated carbocycles. The SMILES string of the molecule is CNCCCC(=O)Nc1ccc(N(C)C)nc1. The van der Waals surface area contributed by atoms with Gasteiger partial charge in [0.25, 0.3) is 0 Å². The molecular weight excluding hydrogens is 216 g/mol. The van der Waals surface area contributed by atoms with Crippen molar-refractivity contribution in [2.24, 2.45) is 0 Å². The molecule has 5 heteroatoms. The minimum Gasteiger partial charge on any atom is -0.363 e. The Labute approximate surface area is 102 Å². The van der Waals surface area contributed by atoms with Gasteiger partial charge in [0.05, 0.1) is 11.9 Å². The number of carbonyl (C=O) groups excluding carboxylic acids is 1. The van der Waals surface area contributed by atoms with E-state index in [0.29, 0.717) is 6.42 Å². The molecule has 1 heterocycles. The lowest BCUT2D eigenvalue weighted by atomic mass is 10.3. The molecular formula is C12H20N4O. The molecule has 1 rings (SSSR count). The second-order valence-corrected chi connectivity index (χ2v) is 4.05. The molecule has 0 spiro atoms. The van der Waals surface area contributed by atoms with Gasteiger partial charge in [0.1, 0.15) is 5.82 Å². The van der Waals surface area contributed by atoms with Crippen LogP contribution in [0.15, 0.2) is 18.3 Å². The van der Waals surface area contributed by atoms with E-state index >= 15 is 0 Å². The summed E-state index contributed by atoms with van der Waals surface area (Å²) in [6.07, 6.45) is 3.03. The minimum atomic E-state index is 0.0275. The molecule has 2 N–H and O–H groups in total. The first-order chi connectivity index (χ1) is 8.13. The second-order valence-electron chi connectivity index (χ2n) is 4.05. The maximum Gasteiger partial charge on any atom is 0.224 e. The second kappa shape index (κ2) is 6.85. The highest BCUT2D eigenvalue weighted by molar-refractivity contribution is 5.90. The first-order valence-corrected chi connectivity index (χ1v) is 5.71. The highest BCUT2D eigenvalue weighted by atomic mass is 16.1. The van der Waals surface area contributed by atoms with E-state index in [9.17, 15) is 4.79 Å². The molecule has 94 valence electrons. The van der Waals surface area contributed by atoms with Gasteiger partial charge < -0.3 is 15.5 Å². The van der Waals surface area contributed by atoms with Crippen molar-refractivity contribution in [2.45, 2.75) is 12.8 Å². The van der Waals surface area contributed by atoms with Crippen LogP contribution in [0.1, 0.15) is 12.8 Å². The monoisotopic (exact) mass is 236 g/mol. The van der Waals surface area contributed by atoms with Crippen LogP contribution in [-0.2, 0) is 4.79 Å². The number of pyridine rings is 1. The Balaban J connectivity index is 2.43. The van der Waals surface area contributed by atoms with Gasteiger partial charge in [-0.1, -0.05) is 0 Å². The van der Waals surface area contributed by atoms with Crippen molar-refractivity contribution in [1.82, 2.24) is 10.3 Å². The number of nitrogens with one attached hydrogen (secondary N) is 2. The van der Waals surface area contributed by atoms with Crippen molar-refractivity contribution in [2.75, 3.05) is 37.9 Å². The summed E-state index contributed by atoms with van der Waals surface area (Å²) < 4.78 is 0. The van der Waals surface area contributed by atoms with Crippen LogP contribution in [0, 0.1) is 0 Å². The van der Waals surface area contributed by atoms with E-state index in [-0.39, 0.29) is 5.91 Å². The van der Waals surface area contributed by atoms with Crippen molar-refractivity contribution in [3.63, 3.8) is 0 Å². The predicted molar refractivity (Wildman–Crippen MR) is 70.4 cm³/mol. The Morgan fingerprint density at radius 1 is 1.41 bits per heavy atom. The fourth-order valence-electron chi connectivity index (χ4n) is 1.37. The first-order valence-electron chi connectivity index (χ1n) is 5.71. The fraction of sp³-hybridized carbons (Fsp3) is 0.500. The number of hydrogen-bond acceptors (Lipinski definition) is 4. The molecule has 0 aliphatic heterocycles. The van der Waals surface area contributed by atoms with Crippen LogP contribution in [-0.4, -0.2) is 38.6 Å². The summed E-state index contributed by atoms with van der Waals surface area (Å²) in [7, 11) is 5.73. The van der Waals surface area contributed by atoms with Gasteiger partial charge >= 0.3 is 0 Å². The number of hydrogen-bond donors (Lipinski definition) is 2. The summed E-state index contributed by atoms with van der Waals surface area (Å²) in [6.45, 7) is 0.852. The summed E-state index contributed by atoms with van der Waals surface area (Å²) in [5.41, 5.74) is 0.741. The quantitative estimate of drug-likeness (QED) is 0.726. The van der Waals surface area contributed by atoms with Crippen molar-refractivity contribution in [3.8, 4) is 0 Å². The van der Waals surface area contributed by atoms with E-state index < -0.39 is 0 Å². The van der Waals surface area contributed by atoms with Crippen molar-refractivity contribution in [1.29, 1.82) is 0 Å². The molecule has 0 bridgehead atoms. The van der Waals surface area contributed by atoms with Crippen molar-refractivity contribution in [3.05, 3.63) is 18.3 Å². The Morgan fingerprint density at radius 2 is 2.18 bits per heavy atom. The maximum atomic E-state index is 11.5. The normalized spacial score (nSPS) is 10.1. The molecule has 0 saturated heterocycles. The third-order valence-electron chi connectivity index (χ3n) is 2.32. The van der Waals surface area contributed by atoms with Crippen LogP contribution in [0.2, 0.25) is 0 Å². The average Bonchev–Trinajstić information content (AvgIpc) is 2.30. The lowest BCUT2D eigenvalue weighted by molar-refractivity contribution is -0.116. The van der Waals surface area contributed by atoms with Crippen molar-refractivity contribution < 1.29 is 4.79 Å². The number of nitrogens with zero attached hydrogens (tertiary/aromatic N) is 2. The van der Waals surface area contributed by atoms with E-state index in [1.165, 1.54) is 0 Å². The lowest BCUT2D eigenvalue weighted by Gasteiger charge is -2.11. The Morgan fingerprint density at radius 3 is 2.71 bits per heavy atom. The molecule has 0 aliphatic rings. The van der Waals surface area contributed by atoms with Gasteiger partial charge in [-0.3, -0.25) is 4.79 Å². The number of aromatic nitrogens is 1. The Kier molecular flexibility index (Phi) is 5.42. The molecule has 0 unspecified atom stereocenters. The van der Waals surface area contributed by atoms with Gasteiger partial charge in [0.2, 0.25) is 5.91 Å². The van der Waals surface area contributed by atoms with Crippen LogP contribution in [0.5, 0.6) is 0 Å². The molecule has 0 aliphatic carbocycles. The molecule has 0 aromatic carbocycles. The smallest absolute Gasteiger partial charge is 0.224 e. The maximum absolute atomic E-state index is 11.5. The van der Waals surface area contributed by atoms with Crippen LogP contribution in [0.3, 0.4) is 0 Å². The van der Waals surface area contributed by atoms with Gasteiger partial charge in [-0.25, -0.2) is 4.98 Å². The molecule has 0 fully saturated rings. The molecule has 5 nitrogen and oxygen atoms in total. The molecule has 0 radical (unpaired) electrons. The fourth-order valence-corrected chi connectivity index (χ4v) is 1.37. The highest BCUT2D eigenvalue weighted by Crippen LogP contribution is 2.11. The van der Waals surface area contributed by atoms with Gasteiger partial charge in [-0.05, 0) is 32.1 Å². The van der Waals surface area contributed by atoms with Crippen LogP contribution in [0.25, 0.3) is 0 Å². The molecule has 1 amide bonds. The highest BCUT2D eigenvalue weighted by Gasteiger charge is 2.02. The van der Waals surface area contributed by atoms with E-state index in [1.807, 2.05) is 38.2 Å². The van der Waals surface area contributed by atoms with Crippen LogP contribution < -0.4 is 15.5 Å². The zero-order valence-corrected chi connectivity index (χ0v) is 10.7. The predicted octanol–water partition coefficient (Wildman–Crippen LogP) is 1.09. The zero-order chi connectivity index (χ0) is 12.7. The van der Waals surface area contributed by atoms with E-state index in [2.05, 4.69) is 15.6 Å². The van der Waals surface area contributed by atoms with Gasteiger partial charge in [0.15, 0.2) is 0 Å². The standard InChI is InChI=1S/C12H20N4O/c1-13-8-4-5-12(17)15-10-6-7-11(14-9-10)16(2)3/h6-7,9,13H,4-5,8H2,1-3H3,(H,15,17). The van der Waals surface area contributed by atoms with Crippen LogP contribution in [0.4, 0.5) is 11.5 Å². The molecule has 0 atom stereocenters. The summed E-state index contributed by atoms with van der Waals surface area (Å²) in [5.74, 6) is 0.901. The topological polar surface area (TPSA) is 57.3 Å². The summed E-state index contributed by atoms with van der Waals surface area (Å²) in [5, 5.41) is 5.83. The van der Waals surface area contributed by atoms with E-state index in [1.54, 1.807) is 6.20 Å². The summed E-state index contributed by atoms with van der Waals surface area (Å²) >= 11 is 0. The average molecular weight is 236 g/mol. The number of anilines is 2. The molecule has 1 aromatic heterocycles. The van der Waals surface area contributed by atoms with E-state index in [0.717, 1.165) is 24.5 Å². The molecule has 17 heavy (non-hydrogen) atoms. The Bertz CT molecular complexity index is 348. The van der Waals surface area contributed by atoms with Crippen LogP contribution >= 0.6 is 0 Å². The zero-order valence-electron chi connectivity index (χ0n) is 10.7. The van der Waals surface area contributed by atoms with Gasteiger partial charge in [-0.15, -0.1) is 0 Å². The third kappa shape index (κ3) is 4.82. The molecule has 1 aromatic rings. The number of carbonyl (C=O) groups is 1. The number of amides is 1. The van der Waals surface area contributed by atoms with Gasteiger partial charge in [-0.2, -0.15) is 0 Å².